The second kappa shape index (κ2) is 2.68. The maximum Gasteiger partial charge on any atom is 0.339 e. The third-order valence-electron chi connectivity index (χ3n) is 1.51. The summed E-state index contributed by atoms with van der Waals surface area (Å²) in [4.78, 5) is 20.4. The summed E-state index contributed by atoms with van der Waals surface area (Å²) < 4.78 is 0. The fourth-order valence-corrected chi connectivity index (χ4v) is 0.987. The normalized spacial score (nSPS) is 21.6. The molecule has 1 aliphatic rings. The first-order chi connectivity index (χ1) is 5.54. The zero-order valence-corrected chi connectivity index (χ0v) is 6.38. The van der Waals surface area contributed by atoms with Crippen LogP contribution in [0.3, 0.4) is 0 Å². The van der Waals surface area contributed by atoms with E-state index in [2.05, 4.69) is 0 Å². The van der Waals surface area contributed by atoms with Gasteiger partial charge >= 0.3 is 12.2 Å². The number of nitrogens with zero attached hydrogens (tertiary/aromatic N) is 3. The predicted octanol–water partition coefficient (Wildman–Crippen LogP) is -0.656. The Morgan fingerprint density at radius 1 is 1.75 bits per heavy atom. The van der Waals surface area contributed by atoms with Crippen molar-refractivity contribution in [2.24, 2.45) is 5.73 Å². The summed E-state index contributed by atoms with van der Waals surface area (Å²) in [6.07, 6.45) is 1.52. The number of urea groups is 1. The molecule has 0 saturated carbocycles. The van der Waals surface area contributed by atoms with E-state index >= 15 is 0 Å². The fraction of sp³-hybridized carbons (Fsp3) is 0.400. The summed E-state index contributed by atoms with van der Waals surface area (Å²) in [5, 5.41) is 12.5. The molecule has 0 fully saturated rings. The summed E-state index contributed by atoms with van der Waals surface area (Å²) in [6.45, 7) is 0. The molecule has 0 radical (unpaired) electrons. The summed E-state index contributed by atoms with van der Waals surface area (Å²) in [5.41, 5.74) is 4.92. The minimum Gasteiger partial charge on any atom is -0.350 e. The quantitative estimate of drug-likeness (QED) is 0.420. The van der Waals surface area contributed by atoms with Crippen molar-refractivity contribution in [3.8, 4) is 0 Å². The molecule has 7 nitrogen and oxygen atoms in total. The average Bonchev–Trinajstić information content (AvgIpc) is 2.30. The van der Waals surface area contributed by atoms with Crippen molar-refractivity contribution in [2.45, 2.75) is 6.17 Å². The number of carbonyl (C=O) groups is 1. The lowest BCUT2D eigenvalue weighted by molar-refractivity contribution is -0.536. The molecule has 1 heterocycles. The summed E-state index contributed by atoms with van der Waals surface area (Å²) in [6, 6.07) is -0.843. The molecule has 0 aromatic rings. The van der Waals surface area contributed by atoms with Gasteiger partial charge in [-0.2, -0.15) is 5.01 Å². The van der Waals surface area contributed by atoms with Gasteiger partial charge in [0.05, 0.1) is 4.92 Å². The summed E-state index contributed by atoms with van der Waals surface area (Å²) in [5.74, 6) is 0. The van der Waals surface area contributed by atoms with Crippen LogP contribution in [0.5, 0.6) is 0 Å². The lowest BCUT2D eigenvalue weighted by Crippen LogP contribution is -2.49. The predicted molar refractivity (Wildman–Crippen MR) is 39.1 cm³/mol. The van der Waals surface area contributed by atoms with Gasteiger partial charge in [-0.15, -0.1) is 0 Å². The second-order valence-corrected chi connectivity index (χ2v) is 2.30. The van der Waals surface area contributed by atoms with Crippen molar-refractivity contribution in [3.63, 3.8) is 0 Å². The van der Waals surface area contributed by atoms with E-state index in [1.54, 1.807) is 0 Å². The van der Waals surface area contributed by atoms with Crippen LogP contribution in [0.15, 0.2) is 12.3 Å². The number of amides is 2. The maximum absolute atomic E-state index is 10.7. The number of nitrogens with two attached hydrogens (primary N) is 1. The van der Waals surface area contributed by atoms with E-state index in [-0.39, 0.29) is 0 Å². The SMILES string of the molecule is CN1C=CC([N+](=O)[O-])N1C(N)=O. The molecule has 7 heteroatoms. The number of hydrogen-bond acceptors (Lipinski definition) is 4. The fourth-order valence-electron chi connectivity index (χ4n) is 0.987. The molecule has 0 aliphatic carbocycles. The Morgan fingerprint density at radius 3 is 2.67 bits per heavy atom. The molecule has 2 N–H and O–H groups in total. The molecule has 1 rings (SSSR count). The van der Waals surface area contributed by atoms with Crippen molar-refractivity contribution in [3.05, 3.63) is 22.4 Å². The van der Waals surface area contributed by atoms with E-state index < -0.39 is 17.1 Å². The van der Waals surface area contributed by atoms with Gasteiger partial charge < -0.3 is 5.73 Å². The van der Waals surface area contributed by atoms with Gasteiger partial charge in [-0.3, -0.25) is 15.1 Å². The van der Waals surface area contributed by atoms with E-state index in [0.29, 0.717) is 0 Å². The van der Waals surface area contributed by atoms with E-state index in [4.69, 9.17) is 5.73 Å². The third kappa shape index (κ3) is 1.16. The minimum absolute atomic E-state index is 0.592. The number of nitro groups is 1. The smallest absolute Gasteiger partial charge is 0.339 e. The van der Waals surface area contributed by atoms with Crippen LogP contribution in [0.25, 0.3) is 0 Å². The third-order valence-corrected chi connectivity index (χ3v) is 1.51. The van der Waals surface area contributed by atoms with Gasteiger partial charge in [0.1, 0.15) is 0 Å². The second-order valence-electron chi connectivity index (χ2n) is 2.30. The summed E-state index contributed by atoms with van der Waals surface area (Å²) >= 11 is 0. The van der Waals surface area contributed by atoms with Crippen LogP contribution in [0, 0.1) is 10.1 Å². The van der Waals surface area contributed by atoms with Crippen LogP contribution in [0.4, 0.5) is 4.79 Å². The molecule has 0 saturated heterocycles. The lowest BCUT2D eigenvalue weighted by Gasteiger charge is -2.23. The maximum atomic E-state index is 10.7. The molecule has 1 aliphatic heterocycles. The molecule has 2 amide bonds. The van der Waals surface area contributed by atoms with E-state index in [9.17, 15) is 14.9 Å². The number of rotatable bonds is 1. The van der Waals surface area contributed by atoms with Gasteiger partial charge in [-0.1, -0.05) is 0 Å². The molecular formula is C5H8N4O3. The van der Waals surface area contributed by atoms with Crippen molar-refractivity contribution in [1.82, 2.24) is 10.0 Å². The summed E-state index contributed by atoms with van der Waals surface area (Å²) in [7, 11) is 1.50. The Labute approximate surface area is 68.1 Å². The molecule has 0 aromatic carbocycles. The van der Waals surface area contributed by atoms with Crippen LogP contribution in [0.1, 0.15) is 0 Å². The Bertz CT molecular complexity index is 251. The highest BCUT2D eigenvalue weighted by Gasteiger charge is 2.35. The first kappa shape index (κ1) is 8.31. The van der Waals surface area contributed by atoms with Crippen LogP contribution in [-0.4, -0.2) is 34.2 Å². The number of hydrazine groups is 1. The van der Waals surface area contributed by atoms with Gasteiger partial charge in [0.25, 0.3) is 0 Å². The van der Waals surface area contributed by atoms with Crippen molar-refractivity contribution >= 4 is 6.03 Å². The molecule has 1 unspecified atom stereocenters. The van der Waals surface area contributed by atoms with E-state index in [1.807, 2.05) is 0 Å². The highest BCUT2D eigenvalue weighted by molar-refractivity contribution is 5.72. The number of primary amides is 1. The van der Waals surface area contributed by atoms with Crippen LogP contribution in [-0.2, 0) is 0 Å². The zero-order chi connectivity index (χ0) is 9.30. The van der Waals surface area contributed by atoms with Crippen LogP contribution in [0.2, 0.25) is 0 Å². The Hall–Kier alpha value is -1.79. The average molecular weight is 172 g/mol. The van der Waals surface area contributed by atoms with Crippen molar-refractivity contribution in [2.75, 3.05) is 7.05 Å². The molecule has 0 bridgehead atoms. The van der Waals surface area contributed by atoms with Gasteiger partial charge in [-0.05, 0) is 0 Å². The van der Waals surface area contributed by atoms with Crippen LogP contribution >= 0.6 is 0 Å². The van der Waals surface area contributed by atoms with Gasteiger partial charge in [0.15, 0.2) is 0 Å². The minimum atomic E-state index is -1.17. The van der Waals surface area contributed by atoms with Crippen molar-refractivity contribution < 1.29 is 9.72 Å². The molecule has 0 aromatic heterocycles. The highest BCUT2D eigenvalue weighted by Crippen LogP contribution is 2.12. The van der Waals surface area contributed by atoms with Gasteiger partial charge in [0, 0.05) is 19.3 Å². The largest absolute Gasteiger partial charge is 0.350 e. The molecule has 12 heavy (non-hydrogen) atoms. The molecular weight excluding hydrogens is 164 g/mol. The van der Waals surface area contributed by atoms with E-state index in [0.717, 1.165) is 5.01 Å². The lowest BCUT2D eigenvalue weighted by atomic mass is 10.5. The number of hydrogen-bond donors (Lipinski definition) is 1. The Morgan fingerprint density at radius 2 is 2.33 bits per heavy atom. The molecule has 0 spiro atoms. The monoisotopic (exact) mass is 172 g/mol. The molecule has 1 atom stereocenters. The standard InChI is InChI=1S/C5H8N4O3/c1-7-3-2-4(9(11)12)8(7)5(6)10/h2-4H,1H3,(H2,6,10). The van der Waals surface area contributed by atoms with E-state index in [1.165, 1.54) is 24.3 Å². The van der Waals surface area contributed by atoms with Crippen LogP contribution < -0.4 is 5.73 Å². The Balaban J connectivity index is 2.83. The van der Waals surface area contributed by atoms with Gasteiger partial charge in [-0.25, -0.2) is 4.79 Å². The number of carbonyl (C=O) groups excluding carboxylic acids is 1. The Kier molecular flexibility index (Phi) is 1.86. The topological polar surface area (TPSA) is 92.7 Å². The molecule has 66 valence electrons. The first-order valence-corrected chi connectivity index (χ1v) is 3.17. The first-order valence-electron chi connectivity index (χ1n) is 3.17. The highest BCUT2D eigenvalue weighted by atomic mass is 16.6. The zero-order valence-electron chi connectivity index (χ0n) is 6.38. The van der Waals surface area contributed by atoms with Crippen molar-refractivity contribution in [1.29, 1.82) is 0 Å². The van der Waals surface area contributed by atoms with Gasteiger partial charge in [0.2, 0.25) is 0 Å².